The molecule has 1 unspecified atom stereocenters. The Labute approximate surface area is 204 Å². The summed E-state index contributed by atoms with van der Waals surface area (Å²) < 4.78 is 47.3. The van der Waals surface area contributed by atoms with Crippen molar-refractivity contribution in [2.45, 2.75) is 29.7 Å². The van der Waals surface area contributed by atoms with Crippen molar-refractivity contribution in [1.82, 2.24) is 5.32 Å². The van der Waals surface area contributed by atoms with Crippen LogP contribution < -0.4 is 14.4 Å². The van der Waals surface area contributed by atoms with Crippen molar-refractivity contribution in [3.63, 3.8) is 0 Å². The van der Waals surface area contributed by atoms with Gasteiger partial charge in [-0.2, -0.15) is 0 Å². The number of anilines is 1. The van der Waals surface area contributed by atoms with E-state index in [9.17, 15) is 17.6 Å². The Morgan fingerprint density at radius 3 is 2.38 bits per heavy atom. The fraction of sp³-hybridized carbons (Fsp3) is 0.240. The molecule has 0 radical (unpaired) electrons. The molecule has 180 valence electrons. The van der Waals surface area contributed by atoms with Gasteiger partial charge in [0.25, 0.3) is 10.0 Å². The molecule has 0 aliphatic carbocycles. The monoisotopic (exact) mass is 502 g/mol. The van der Waals surface area contributed by atoms with Crippen molar-refractivity contribution in [2.24, 2.45) is 0 Å². The number of nitrogens with one attached hydrogen (secondary N) is 1. The predicted octanol–water partition coefficient (Wildman–Crippen LogP) is 4.64. The summed E-state index contributed by atoms with van der Waals surface area (Å²) in [6.07, 6.45) is 1.89. The first-order valence-corrected chi connectivity index (χ1v) is 13.3. The standard InChI is InChI=1S/C25H27FN2O4S2/c1-18-7-9-22(10-8-18)32-17-19(2)27-25(29)16-28(21-6-4-5-20(26)15-21)34(30,31)24-13-11-23(33-3)12-14-24/h4-15,19H,16-17H2,1-3H3,(H,27,29). The predicted molar refractivity (Wildman–Crippen MR) is 133 cm³/mol. The van der Waals surface area contributed by atoms with Crippen molar-refractivity contribution in [1.29, 1.82) is 0 Å². The second kappa shape index (κ2) is 11.4. The lowest BCUT2D eigenvalue weighted by molar-refractivity contribution is -0.120. The molecule has 1 atom stereocenters. The molecule has 3 rings (SSSR count). The average Bonchev–Trinajstić information content (AvgIpc) is 2.82. The number of thioether (sulfide) groups is 1. The molecule has 0 saturated carbocycles. The summed E-state index contributed by atoms with van der Waals surface area (Å²) in [6, 6.07) is 18.6. The van der Waals surface area contributed by atoms with Gasteiger partial charge in [0.05, 0.1) is 16.6 Å². The molecule has 34 heavy (non-hydrogen) atoms. The van der Waals surface area contributed by atoms with Crippen LogP contribution in [0.1, 0.15) is 12.5 Å². The molecule has 3 aromatic rings. The molecule has 0 heterocycles. The summed E-state index contributed by atoms with van der Waals surface area (Å²) in [5, 5.41) is 2.75. The molecule has 0 fully saturated rings. The van der Waals surface area contributed by atoms with E-state index in [-0.39, 0.29) is 23.2 Å². The highest BCUT2D eigenvalue weighted by Gasteiger charge is 2.28. The molecule has 1 amide bonds. The van der Waals surface area contributed by atoms with Crippen LogP contribution in [0, 0.1) is 12.7 Å². The maximum atomic E-state index is 13.9. The van der Waals surface area contributed by atoms with Gasteiger partial charge >= 0.3 is 0 Å². The van der Waals surface area contributed by atoms with E-state index < -0.39 is 28.3 Å². The smallest absolute Gasteiger partial charge is 0.264 e. The van der Waals surface area contributed by atoms with Gasteiger partial charge < -0.3 is 10.1 Å². The van der Waals surface area contributed by atoms with Gasteiger partial charge in [-0.15, -0.1) is 11.8 Å². The zero-order chi connectivity index (χ0) is 24.7. The van der Waals surface area contributed by atoms with Crippen LogP contribution >= 0.6 is 11.8 Å². The van der Waals surface area contributed by atoms with Crippen LogP contribution in [0.2, 0.25) is 0 Å². The molecule has 6 nitrogen and oxygen atoms in total. The Morgan fingerprint density at radius 1 is 1.09 bits per heavy atom. The van der Waals surface area contributed by atoms with E-state index in [2.05, 4.69) is 5.32 Å². The second-order valence-electron chi connectivity index (χ2n) is 7.76. The van der Waals surface area contributed by atoms with Crippen molar-refractivity contribution in [3.05, 3.63) is 84.2 Å². The van der Waals surface area contributed by atoms with Gasteiger partial charge in [0.2, 0.25) is 5.91 Å². The fourth-order valence-electron chi connectivity index (χ4n) is 3.17. The highest BCUT2D eigenvalue weighted by atomic mass is 32.2. The van der Waals surface area contributed by atoms with Gasteiger partial charge in [0.1, 0.15) is 24.7 Å². The molecule has 0 aliphatic rings. The topological polar surface area (TPSA) is 75.7 Å². The summed E-state index contributed by atoms with van der Waals surface area (Å²) in [7, 11) is -4.12. The summed E-state index contributed by atoms with van der Waals surface area (Å²) in [5.74, 6) is -0.464. The number of ether oxygens (including phenoxy) is 1. The van der Waals surface area contributed by atoms with Crippen LogP contribution in [0.4, 0.5) is 10.1 Å². The molecule has 9 heteroatoms. The summed E-state index contributed by atoms with van der Waals surface area (Å²) in [4.78, 5) is 13.7. The van der Waals surface area contributed by atoms with E-state index in [1.54, 1.807) is 19.1 Å². The molecule has 0 aromatic heterocycles. The van der Waals surface area contributed by atoms with E-state index in [1.165, 1.54) is 42.1 Å². The van der Waals surface area contributed by atoms with E-state index in [0.29, 0.717) is 5.75 Å². The first-order valence-electron chi connectivity index (χ1n) is 10.6. The second-order valence-corrected chi connectivity index (χ2v) is 10.5. The maximum absolute atomic E-state index is 13.9. The number of rotatable bonds is 10. The van der Waals surface area contributed by atoms with Crippen LogP contribution in [0.5, 0.6) is 5.75 Å². The maximum Gasteiger partial charge on any atom is 0.264 e. The Bertz CT molecular complexity index is 1220. The van der Waals surface area contributed by atoms with Crippen molar-refractivity contribution < 1.29 is 22.3 Å². The normalized spacial score (nSPS) is 12.1. The molecule has 1 N–H and O–H groups in total. The minimum Gasteiger partial charge on any atom is -0.491 e. The number of benzene rings is 3. The Balaban J connectivity index is 1.75. The molecule has 0 saturated heterocycles. The third-order valence-electron chi connectivity index (χ3n) is 4.96. The van der Waals surface area contributed by atoms with Crippen LogP contribution in [0.25, 0.3) is 0 Å². The van der Waals surface area contributed by atoms with Gasteiger partial charge in [-0.1, -0.05) is 23.8 Å². The van der Waals surface area contributed by atoms with E-state index in [4.69, 9.17) is 4.74 Å². The lowest BCUT2D eigenvalue weighted by atomic mass is 10.2. The number of hydrogen-bond acceptors (Lipinski definition) is 5. The van der Waals surface area contributed by atoms with Gasteiger partial charge in [0, 0.05) is 4.90 Å². The summed E-state index contributed by atoms with van der Waals surface area (Å²) in [6.45, 7) is 3.43. The molecule has 3 aromatic carbocycles. The van der Waals surface area contributed by atoms with E-state index >= 15 is 0 Å². The number of amides is 1. The van der Waals surface area contributed by atoms with E-state index in [0.717, 1.165) is 20.8 Å². The van der Waals surface area contributed by atoms with Crippen LogP contribution in [0.15, 0.2) is 82.6 Å². The quantitative estimate of drug-likeness (QED) is 0.409. The summed E-state index contributed by atoms with van der Waals surface area (Å²) in [5.41, 5.74) is 1.17. The third kappa shape index (κ3) is 6.74. The minimum absolute atomic E-state index is 0.0121. The average molecular weight is 503 g/mol. The number of carbonyl (C=O) groups excluding carboxylic acids is 1. The largest absolute Gasteiger partial charge is 0.491 e. The summed E-state index contributed by atoms with van der Waals surface area (Å²) >= 11 is 1.48. The molecule has 0 aliphatic heterocycles. The van der Waals surface area contributed by atoms with Crippen LogP contribution in [-0.4, -0.2) is 39.8 Å². The van der Waals surface area contributed by atoms with Gasteiger partial charge in [-0.25, -0.2) is 12.8 Å². The van der Waals surface area contributed by atoms with Crippen LogP contribution in [0.3, 0.4) is 0 Å². The van der Waals surface area contributed by atoms with Crippen LogP contribution in [-0.2, 0) is 14.8 Å². The SMILES string of the molecule is CSc1ccc(S(=O)(=O)N(CC(=O)NC(C)COc2ccc(C)cc2)c2cccc(F)c2)cc1. The Morgan fingerprint density at radius 2 is 1.76 bits per heavy atom. The molecular formula is C25H27FN2O4S2. The van der Waals surface area contributed by atoms with Crippen molar-refractivity contribution >= 4 is 33.4 Å². The first-order chi connectivity index (χ1) is 16.2. The Kier molecular flexibility index (Phi) is 8.57. The minimum atomic E-state index is -4.12. The number of carbonyl (C=O) groups is 1. The molecule has 0 bridgehead atoms. The third-order valence-corrected chi connectivity index (χ3v) is 7.49. The number of sulfonamides is 1. The van der Waals surface area contributed by atoms with E-state index in [1.807, 2.05) is 37.4 Å². The fourth-order valence-corrected chi connectivity index (χ4v) is 4.99. The van der Waals surface area contributed by atoms with Gasteiger partial charge in [-0.3, -0.25) is 9.10 Å². The lowest BCUT2D eigenvalue weighted by Crippen LogP contribution is -2.45. The van der Waals surface area contributed by atoms with Gasteiger partial charge in [-0.05, 0) is 74.7 Å². The number of hydrogen-bond donors (Lipinski definition) is 1. The van der Waals surface area contributed by atoms with Gasteiger partial charge in [0.15, 0.2) is 0 Å². The Hall–Kier alpha value is -3.04. The zero-order valence-corrected chi connectivity index (χ0v) is 20.8. The first kappa shape index (κ1) is 25.6. The molecule has 0 spiro atoms. The highest BCUT2D eigenvalue weighted by Crippen LogP contribution is 2.26. The van der Waals surface area contributed by atoms with Crippen molar-refractivity contribution in [3.8, 4) is 5.75 Å². The number of halogens is 1. The lowest BCUT2D eigenvalue weighted by Gasteiger charge is -2.25. The molecular weight excluding hydrogens is 475 g/mol. The number of nitrogens with zero attached hydrogens (tertiary/aromatic N) is 1. The van der Waals surface area contributed by atoms with Crippen molar-refractivity contribution in [2.75, 3.05) is 23.7 Å². The number of aryl methyl sites for hydroxylation is 1. The zero-order valence-electron chi connectivity index (χ0n) is 19.2. The highest BCUT2D eigenvalue weighted by molar-refractivity contribution is 7.98.